The number of hydrogen-bond acceptors (Lipinski definition) is 6. The Balaban J connectivity index is 1.29. The standard InChI is InChI=1S/C24H32N4O3S/c1-18(2)31-20-8-6-19(7-9-20)23-25-21(17-32-23)24(30)28-14-12-26(13-15-28)16-22(29)27-10-4-3-5-11-27/h6-9,17-18H,3-5,10-16H2,1-2H3. The highest BCUT2D eigenvalue weighted by molar-refractivity contribution is 7.13. The number of nitrogens with zero attached hydrogens (tertiary/aromatic N) is 4. The quantitative estimate of drug-likeness (QED) is 0.667. The zero-order valence-corrected chi connectivity index (χ0v) is 19.8. The molecule has 0 radical (unpaired) electrons. The van der Waals surface area contributed by atoms with Crippen molar-refractivity contribution in [3.8, 4) is 16.3 Å². The Labute approximate surface area is 194 Å². The number of thiazole rings is 1. The summed E-state index contributed by atoms with van der Waals surface area (Å²) in [5.41, 5.74) is 1.47. The number of hydrogen-bond donors (Lipinski definition) is 0. The molecule has 0 atom stereocenters. The molecule has 2 amide bonds. The zero-order chi connectivity index (χ0) is 22.5. The van der Waals surface area contributed by atoms with Crippen LogP contribution >= 0.6 is 11.3 Å². The van der Waals surface area contributed by atoms with Gasteiger partial charge in [0.25, 0.3) is 5.91 Å². The number of carbonyl (C=O) groups is 2. The van der Waals surface area contributed by atoms with Crippen molar-refractivity contribution in [3.63, 3.8) is 0 Å². The predicted molar refractivity (Wildman–Crippen MR) is 126 cm³/mol. The van der Waals surface area contributed by atoms with Gasteiger partial charge in [0.05, 0.1) is 12.6 Å². The largest absolute Gasteiger partial charge is 0.491 e. The van der Waals surface area contributed by atoms with Gasteiger partial charge in [-0.05, 0) is 57.4 Å². The Bertz CT molecular complexity index is 914. The van der Waals surface area contributed by atoms with Gasteiger partial charge in [0.15, 0.2) is 0 Å². The molecule has 3 heterocycles. The molecule has 2 aliphatic heterocycles. The number of piperidine rings is 1. The predicted octanol–water partition coefficient (Wildman–Crippen LogP) is 3.37. The van der Waals surface area contributed by atoms with Crippen LogP contribution in [-0.2, 0) is 4.79 Å². The van der Waals surface area contributed by atoms with Crippen LogP contribution in [0, 0.1) is 0 Å². The fourth-order valence-corrected chi connectivity index (χ4v) is 4.96. The zero-order valence-electron chi connectivity index (χ0n) is 19.0. The number of amides is 2. The Kier molecular flexibility index (Phi) is 7.42. The lowest BCUT2D eigenvalue weighted by Crippen LogP contribution is -2.52. The van der Waals surface area contributed by atoms with E-state index in [0.29, 0.717) is 25.3 Å². The molecule has 1 aromatic carbocycles. The monoisotopic (exact) mass is 456 g/mol. The molecule has 172 valence electrons. The van der Waals surface area contributed by atoms with Crippen LogP contribution in [0.25, 0.3) is 10.6 Å². The van der Waals surface area contributed by atoms with Gasteiger partial charge < -0.3 is 14.5 Å². The normalized spacial score (nSPS) is 17.6. The lowest BCUT2D eigenvalue weighted by atomic mass is 10.1. The molecule has 2 saturated heterocycles. The van der Waals surface area contributed by atoms with Gasteiger partial charge in [-0.2, -0.15) is 0 Å². The van der Waals surface area contributed by atoms with Gasteiger partial charge >= 0.3 is 0 Å². The molecule has 32 heavy (non-hydrogen) atoms. The lowest BCUT2D eigenvalue weighted by Gasteiger charge is -2.35. The molecule has 7 nitrogen and oxygen atoms in total. The van der Waals surface area contributed by atoms with Crippen molar-refractivity contribution in [2.24, 2.45) is 0 Å². The van der Waals surface area contributed by atoms with Gasteiger partial charge in [-0.1, -0.05) is 0 Å². The third-order valence-electron chi connectivity index (χ3n) is 5.92. The summed E-state index contributed by atoms with van der Waals surface area (Å²) in [6, 6.07) is 7.82. The van der Waals surface area contributed by atoms with Crippen LogP contribution in [-0.4, -0.2) is 83.4 Å². The molecule has 0 bridgehead atoms. The van der Waals surface area contributed by atoms with E-state index < -0.39 is 0 Å². The van der Waals surface area contributed by atoms with Crippen LogP contribution in [0.5, 0.6) is 5.75 Å². The number of piperazine rings is 1. The van der Waals surface area contributed by atoms with E-state index in [-0.39, 0.29) is 17.9 Å². The van der Waals surface area contributed by atoms with Crippen molar-refractivity contribution >= 4 is 23.2 Å². The molecule has 8 heteroatoms. The Hall–Kier alpha value is -2.45. The maximum atomic E-state index is 13.0. The van der Waals surface area contributed by atoms with Crippen LogP contribution in [0.2, 0.25) is 0 Å². The van der Waals surface area contributed by atoms with Gasteiger partial charge in [-0.15, -0.1) is 11.3 Å². The second-order valence-electron chi connectivity index (χ2n) is 8.74. The summed E-state index contributed by atoms with van der Waals surface area (Å²) in [5, 5.41) is 2.66. The third-order valence-corrected chi connectivity index (χ3v) is 6.81. The van der Waals surface area contributed by atoms with Crippen molar-refractivity contribution in [2.45, 2.75) is 39.2 Å². The van der Waals surface area contributed by atoms with E-state index in [2.05, 4.69) is 9.88 Å². The van der Waals surface area contributed by atoms with E-state index in [0.717, 1.165) is 55.3 Å². The lowest BCUT2D eigenvalue weighted by molar-refractivity contribution is -0.133. The van der Waals surface area contributed by atoms with Gasteiger partial charge in [0.1, 0.15) is 16.5 Å². The summed E-state index contributed by atoms with van der Waals surface area (Å²) in [6.07, 6.45) is 3.58. The van der Waals surface area contributed by atoms with E-state index in [9.17, 15) is 9.59 Å². The molecule has 0 spiro atoms. The maximum Gasteiger partial charge on any atom is 0.273 e. The minimum absolute atomic E-state index is 0.0331. The first-order chi connectivity index (χ1) is 15.5. The van der Waals surface area contributed by atoms with Crippen molar-refractivity contribution in [1.82, 2.24) is 19.7 Å². The number of rotatable bonds is 6. The molecule has 2 fully saturated rings. The van der Waals surface area contributed by atoms with Gasteiger partial charge in [0.2, 0.25) is 5.91 Å². The summed E-state index contributed by atoms with van der Waals surface area (Å²) in [7, 11) is 0. The molecule has 4 rings (SSSR count). The third kappa shape index (κ3) is 5.66. The number of likely N-dealkylation sites (tertiary alicyclic amines) is 1. The van der Waals surface area contributed by atoms with E-state index in [4.69, 9.17) is 4.74 Å². The SMILES string of the molecule is CC(C)Oc1ccc(-c2nc(C(=O)N3CCN(CC(=O)N4CCCCC4)CC3)cs2)cc1. The van der Waals surface area contributed by atoms with Gasteiger partial charge in [-0.25, -0.2) is 4.98 Å². The van der Waals surface area contributed by atoms with Crippen LogP contribution in [0.4, 0.5) is 0 Å². The summed E-state index contributed by atoms with van der Waals surface area (Å²) < 4.78 is 5.69. The molecule has 2 aliphatic rings. The highest BCUT2D eigenvalue weighted by Crippen LogP contribution is 2.26. The Morgan fingerprint density at radius 3 is 2.31 bits per heavy atom. The Morgan fingerprint density at radius 2 is 1.66 bits per heavy atom. The average Bonchev–Trinajstić information content (AvgIpc) is 3.30. The first-order valence-corrected chi connectivity index (χ1v) is 12.4. The number of carbonyl (C=O) groups excluding carboxylic acids is 2. The van der Waals surface area contributed by atoms with Crippen LogP contribution < -0.4 is 4.74 Å². The molecular weight excluding hydrogens is 424 g/mol. The molecule has 0 N–H and O–H groups in total. The van der Waals surface area contributed by atoms with Crippen LogP contribution in [0.15, 0.2) is 29.6 Å². The topological polar surface area (TPSA) is 66.0 Å². The highest BCUT2D eigenvalue weighted by Gasteiger charge is 2.26. The van der Waals surface area contributed by atoms with Gasteiger partial charge in [0, 0.05) is 50.2 Å². The average molecular weight is 457 g/mol. The molecule has 0 unspecified atom stereocenters. The second-order valence-corrected chi connectivity index (χ2v) is 9.60. The van der Waals surface area contributed by atoms with Crippen molar-refractivity contribution < 1.29 is 14.3 Å². The second kappa shape index (κ2) is 10.4. The summed E-state index contributed by atoms with van der Waals surface area (Å²) in [6.45, 7) is 8.92. The van der Waals surface area contributed by atoms with Crippen molar-refractivity contribution in [2.75, 3.05) is 45.8 Å². The van der Waals surface area contributed by atoms with Crippen molar-refractivity contribution in [3.05, 3.63) is 35.3 Å². The molecule has 0 aliphatic carbocycles. The molecule has 0 saturated carbocycles. The minimum Gasteiger partial charge on any atom is -0.491 e. The van der Waals surface area contributed by atoms with E-state index in [1.165, 1.54) is 17.8 Å². The fraction of sp³-hybridized carbons (Fsp3) is 0.542. The van der Waals surface area contributed by atoms with Gasteiger partial charge in [-0.3, -0.25) is 14.5 Å². The summed E-state index contributed by atoms with van der Waals surface area (Å²) >= 11 is 1.48. The highest BCUT2D eigenvalue weighted by atomic mass is 32.1. The number of aromatic nitrogens is 1. The fourth-order valence-electron chi connectivity index (χ4n) is 4.16. The molecular formula is C24H32N4O3S. The van der Waals surface area contributed by atoms with E-state index >= 15 is 0 Å². The first-order valence-electron chi connectivity index (χ1n) is 11.5. The van der Waals surface area contributed by atoms with E-state index in [1.807, 2.05) is 53.3 Å². The summed E-state index contributed by atoms with van der Waals surface area (Å²) in [4.78, 5) is 36.0. The molecule has 2 aromatic rings. The maximum absolute atomic E-state index is 13.0. The number of ether oxygens (including phenoxy) is 1. The summed E-state index contributed by atoms with van der Waals surface area (Å²) in [5.74, 6) is 1.01. The smallest absolute Gasteiger partial charge is 0.273 e. The van der Waals surface area contributed by atoms with Crippen LogP contribution in [0.1, 0.15) is 43.6 Å². The molecule has 1 aromatic heterocycles. The minimum atomic E-state index is -0.0331. The van der Waals surface area contributed by atoms with Crippen LogP contribution in [0.3, 0.4) is 0 Å². The Morgan fingerprint density at radius 1 is 0.969 bits per heavy atom. The number of benzene rings is 1. The first kappa shape index (κ1) is 22.7. The van der Waals surface area contributed by atoms with E-state index in [1.54, 1.807) is 0 Å². The van der Waals surface area contributed by atoms with Crippen molar-refractivity contribution in [1.29, 1.82) is 0 Å².